The first-order valence-corrected chi connectivity index (χ1v) is 10.0. The van der Waals surface area contributed by atoms with Gasteiger partial charge in [-0.15, -0.1) is 5.10 Å². The highest BCUT2D eigenvalue weighted by molar-refractivity contribution is 8.00. The molecule has 1 aromatic heterocycles. The Labute approximate surface area is 167 Å². The predicted octanol–water partition coefficient (Wildman–Crippen LogP) is 2.30. The third-order valence-corrected chi connectivity index (χ3v) is 5.49. The highest BCUT2D eigenvalue weighted by Gasteiger charge is 2.23. The minimum Gasteiger partial charge on any atom is -0.376 e. The number of hydrogen-bond donors (Lipinski definition) is 2. The summed E-state index contributed by atoms with van der Waals surface area (Å²) < 4.78 is 7.24. The second kappa shape index (κ2) is 9.16. The number of ether oxygens (including phenoxy) is 1. The van der Waals surface area contributed by atoms with Crippen molar-refractivity contribution in [3.05, 3.63) is 29.3 Å². The van der Waals surface area contributed by atoms with Crippen molar-refractivity contribution >= 4 is 29.4 Å². The third kappa shape index (κ3) is 5.29. The van der Waals surface area contributed by atoms with Crippen LogP contribution in [0.15, 0.2) is 23.4 Å². The second-order valence-electron chi connectivity index (χ2n) is 6.80. The van der Waals surface area contributed by atoms with E-state index in [0.717, 1.165) is 30.6 Å². The molecule has 2 aromatic rings. The smallest absolute Gasteiger partial charge is 0.325 e. The molecule has 1 aromatic carbocycles. The average molecular weight is 404 g/mol. The number of urea groups is 1. The van der Waals surface area contributed by atoms with Crippen molar-refractivity contribution in [2.24, 2.45) is 0 Å². The summed E-state index contributed by atoms with van der Waals surface area (Å²) in [4.78, 5) is 24.5. The van der Waals surface area contributed by atoms with E-state index in [0.29, 0.717) is 17.4 Å². The molecule has 2 atom stereocenters. The van der Waals surface area contributed by atoms with Gasteiger partial charge in [0.05, 0.1) is 17.9 Å². The highest BCUT2D eigenvalue weighted by Crippen LogP contribution is 2.22. The average Bonchev–Trinajstić information content (AvgIpc) is 3.30. The summed E-state index contributed by atoms with van der Waals surface area (Å²) in [5, 5.41) is 16.7. The monoisotopic (exact) mass is 404 g/mol. The number of aryl methyl sites for hydroxylation is 2. The van der Waals surface area contributed by atoms with Crippen molar-refractivity contribution in [1.29, 1.82) is 0 Å². The van der Waals surface area contributed by atoms with Crippen molar-refractivity contribution in [2.45, 2.75) is 56.7 Å². The summed E-state index contributed by atoms with van der Waals surface area (Å²) in [5.74, 6) is -0.418. The van der Waals surface area contributed by atoms with Crippen LogP contribution < -0.4 is 10.6 Å². The molecule has 0 saturated carbocycles. The molecule has 1 saturated heterocycles. The van der Waals surface area contributed by atoms with Gasteiger partial charge in [0.15, 0.2) is 0 Å². The Balaban J connectivity index is 1.53. The molecule has 1 aliphatic heterocycles. The number of carbonyl (C=O) groups excluding carboxylic acids is 2. The zero-order valence-corrected chi connectivity index (χ0v) is 17.0. The molecule has 9 nitrogen and oxygen atoms in total. The Morgan fingerprint density at radius 3 is 2.93 bits per heavy atom. The first-order valence-electron chi connectivity index (χ1n) is 9.16. The summed E-state index contributed by atoms with van der Waals surface area (Å²) >= 11 is 1.20. The van der Waals surface area contributed by atoms with Gasteiger partial charge in [-0.1, -0.05) is 29.5 Å². The van der Waals surface area contributed by atoms with Gasteiger partial charge in [0.25, 0.3) is 0 Å². The van der Waals surface area contributed by atoms with E-state index in [9.17, 15) is 9.59 Å². The van der Waals surface area contributed by atoms with Gasteiger partial charge < -0.3 is 10.1 Å². The van der Waals surface area contributed by atoms with E-state index in [-0.39, 0.29) is 6.10 Å². The third-order valence-electron chi connectivity index (χ3n) is 4.42. The van der Waals surface area contributed by atoms with E-state index in [1.54, 1.807) is 11.6 Å². The minimum atomic E-state index is -0.566. The molecule has 2 heterocycles. The van der Waals surface area contributed by atoms with Gasteiger partial charge in [0.1, 0.15) is 0 Å². The number of thioether (sulfide) groups is 1. The predicted molar refractivity (Wildman–Crippen MR) is 105 cm³/mol. The maximum Gasteiger partial charge on any atom is 0.325 e. The summed E-state index contributed by atoms with van der Waals surface area (Å²) in [6, 6.07) is 5.11. The largest absolute Gasteiger partial charge is 0.376 e. The molecule has 0 radical (unpaired) electrons. The van der Waals surface area contributed by atoms with E-state index >= 15 is 0 Å². The van der Waals surface area contributed by atoms with Gasteiger partial charge in [-0.2, -0.15) is 0 Å². The van der Waals surface area contributed by atoms with Crippen LogP contribution in [0.25, 0.3) is 0 Å². The lowest BCUT2D eigenvalue weighted by Gasteiger charge is -2.14. The van der Waals surface area contributed by atoms with E-state index in [4.69, 9.17) is 4.74 Å². The lowest BCUT2D eigenvalue weighted by Crippen LogP contribution is -2.39. The summed E-state index contributed by atoms with van der Waals surface area (Å²) in [6.07, 6.45) is 2.10. The number of nitrogens with one attached hydrogen (secondary N) is 2. The Morgan fingerprint density at radius 1 is 1.39 bits per heavy atom. The first-order chi connectivity index (χ1) is 13.4. The lowest BCUT2D eigenvalue weighted by molar-refractivity contribution is -0.119. The van der Waals surface area contributed by atoms with Crippen LogP contribution in [-0.2, 0) is 16.1 Å². The number of nitrogens with zero attached hydrogens (tertiary/aromatic N) is 4. The number of rotatable bonds is 6. The molecule has 150 valence electrons. The lowest BCUT2D eigenvalue weighted by atomic mass is 10.1. The van der Waals surface area contributed by atoms with Crippen LogP contribution in [-0.4, -0.2) is 50.1 Å². The van der Waals surface area contributed by atoms with Crippen LogP contribution in [0.5, 0.6) is 0 Å². The van der Waals surface area contributed by atoms with Crippen LogP contribution in [0.1, 0.15) is 30.9 Å². The number of tetrazole rings is 1. The van der Waals surface area contributed by atoms with Crippen LogP contribution in [0.2, 0.25) is 0 Å². The second-order valence-corrected chi connectivity index (χ2v) is 8.11. The standard InChI is InChI=1S/C18H24N6O3S/c1-11-6-7-15(12(2)9-11)19-17(26)20-16(25)13(3)28-18-21-22-23-24(18)10-14-5-4-8-27-14/h6-7,9,13-14H,4-5,8,10H2,1-3H3,(H2,19,20,25,26)/t13-,14-/m0/s1. The maximum atomic E-state index is 12.4. The van der Waals surface area contributed by atoms with Gasteiger partial charge >= 0.3 is 6.03 Å². The van der Waals surface area contributed by atoms with Gasteiger partial charge in [-0.05, 0) is 55.7 Å². The Bertz CT molecular complexity index is 850. The number of amides is 3. The van der Waals surface area contributed by atoms with Crippen LogP contribution >= 0.6 is 11.8 Å². The molecule has 3 rings (SSSR count). The number of hydrogen-bond acceptors (Lipinski definition) is 7. The molecule has 0 aliphatic carbocycles. The van der Waals surface area contributed by atoms with Crippen molar-refractivity contribution in [3.8, 4) is 0 Å². The molecule has 0 unspecified atom stereocenters. The molecular weight excluding hydrogens is 380 g/mol. The van der Waals surface area contributed by atoms with E-state index in [1.807, 2.05) is 32.0 Å². The van der Waals surface area contributed by atoms with E-state index in [1.165, 1.54) is 11.8 Å². The zero-order valence-electron chi connectivity index (χ0n) is 16.1. The van der Waals surface area contributed by atoms with E-state index in [2.05, 4.69) is 26.2 Å². The number of anilines is 1. The molecule has 28 heavy (non-hydrogen) atoms. The number of imide groups is 1. The quantitative estimate of drug-likeness (QED) is 0.711. The molecule has 0 spiro atoms. The van der Waals surface area contributed by atoms with Gasteiger partial charge in [-0.25, -0.2) is 9.48 Å². The van der Waals surface area contributed by atoms with Crippen LogP contribution in [0, 0.1) is 13.8 Å². The summed E-state index contributed by atoms with van der Waals surface area (Å²) in [7, 11) is 0. The van der Waals surface area contributed by atoms with Gasteiger partial charge in [0.2, 0.25) is 11.1 Å². The van der Waals surface area contributed by atoms with Crippen LogP contribution in [0.4, 0.5) is 10.5 Å². The van der Waals surface area contributed by atoms with Crippen molar-refractivity contribution in [2.75, 3.05) is 11.9 Å². The van der Waals surface area contributed by atoms with Gasteiger partial charge in [0, 0.05) is 12.3 Å². The van der Waals surface area contributed by atoms with Crippen molar-refractivity contribution in [1.82, 2.24) is 25.5 Å². The Hall–Kier alpha value is -2.46. The Morgan fingerprint density at radius 2 is 2.21 bits per heavy atom. The van der Waals surface area contributed by atoms with Crippen molar-refractivity contribution < 1.29 is 14.3 Å². The summed E-state index contributed by atoms with van der Waals surface area (Å²) in [5.41, 5.74) is 2.69. The minimum absolute atomic E-state index is 0.0931. The van der Waals surface area contributed by atoms with Crippen molar-refractivity contribution in [3.63, 3.8) is 0 Å². The van der Waals surface area contributed by atoms with Crippen LogP contribution in [0.3, 0.4) is 0 Å². The SMILES string of the molecule is Cc1ccc(NC(=O)NC(=O)[C@H](C)Sc2nnnn2C[C@@H]2CCCO2)c(C)c1. The number of benzene rings is 1. The fourth-order valence-electron chi connectivity index (χ4n) is 2.91. The molecule has 2 N–H and O–H groups in total. The first kappa shape index (κ1) is 20.3. The topological polar surface area (TPSA) is 111 Å². The van der Waals surface area contributed by atoms with Gasteiger partial charge in [-0.3, -0.25) is 10.1 Å². The van der Waals surface area contributed by atoms with E-state index < -0.39 is 17.2 Å². The molecule has 10 heteroatoms. The highest BCUT2D eigenvalue weighted by atomic mass is 32.2. The fraction of sp³-hybridized carbons (Fsp3) is 0.500. The molecule has 1 fully saturated rings. The molecule has 0 bridgehead atoms. The molecular formula is C18H24N6O3S. The zero-order chi connectivity index (χ0) is 20.1. The molecule has 1 aliphatic rings. The normalized spacial score (nSPS) is 17.3. The number of aromatic nitrogens is 4. The Kier molecular flexibility index (Phi) is 6.63. The maximum absolute atomic E-state index is 12.4. The number of carbonyl (C=O) groups is 2. The summed E-state index contributed by atoms with van der Waals surface area (Å²) in [6.45, 7) is 6.89. The molecule has 3 amide bonds. The fourth-order valence-corrected chi connectivity index (χ4v) is 3.71.